The van der Waals surface area contributed by atoms with Crippen molar-refractivity contribution in [3.05, 3.63) is 52.8 Å². The Morgan fingerprint density at radius 2 is 1.66 bits per heavy atom. The molecule has 2 fully saturated rings. The second-order valence-electron chi connectivity index (χ2n) is 11.8. The average molecular weight is 473 g/mol. The SMILES string of the molecule is Cc1cc(-c2[nH]c3ccc(C4CCN(CC5CCN(C(C)C)C5)CC4)cc3c2C(C)C)cc(C)n1. The Hall–Kier alpha value is -2.17. The first-order valence-electron chi connectivity index (χ1n) is 13.9. The molecule has 5 rings (SSSR count). The molecule has 3 aromatic rings. The van der Waals surface area contributed by atoms with E-state index in [-0.39, 0.29) is 0 Å². The van der Waals surface area contributed by atoms with Crippen molar-refractivity contribution < 1.29 is 0 Å². The zero-order valence-electron chi connectivity index (χ0n) is 22.7. The van der Waals surface area contributed by atoms with E-state index in [0.29, 0.717) is 17.9 Å². The summed E-state index contributed by atoms with van der Waals surface area (Å²) in [6.45, 7) is 19.8. The fourth-order valence-corrected chi connectivity index (χ4v) is 6.59. The van der Waals surface area contributed by atoms with Crippen LogP contribution in [0.2, 0.25) is 0 Å². The van der Waals surface area contributed by atoms with Gasteiger partial charge in [0.2, 0.25) is 0 Å². The predicted molar refractivity (Wildman–Crippen MR) is 148 cm³/mol. The summed E-state index contributed by atoms with van der Waals surface area (Å²) in [5.41, 5.74) is 8.91. The molecule has 2 aromatic heterocycles. The molecule has 2 aliphatic heterocycles. The first-order valence-corrected chi connectivity index (χ1v) is 13.9. The van der Waals surface area contributed by atoms with Gasteiger partial charge in [-0.25, -0.2) is 0 Å². The Kier molecular flexibility index (Phi) is 7.05. The van der Waals surface area contributed by atoms with E-state index in [9.17, 15) is 0 Å². The van der Waals surface area contributed by atoms with E-state index in [1.807, 2.05) is 0 Å². The smallest absolute Gasteiger partial charge is 0.0501 e. The van der Waals surface area contributed by atoms with Crippen LogP contribution in [-0.2, 0) is 0 Å². The van der Waals surface area contributed by atoms with Gasteiger partial charge >= 0.3 is 0 Å². The zero-order chi connectivity index (χ0) is 24.7. The highest BCUT2D eigenvalue weighted by molar-refractivity contribution is 5.92. The molecule has 0 aliphatic carbocycles. The number of piperidine rings is 1. The minimum Gasteiger partial charge on any atom is -0.354 e. The van der Waals surface area contributed by atoms with Crippen LogP contribution in [-0.4, -0.2) is 58.5 Å². The van der Waals surface area contributed by atoms with Crippen molar-refractivity contribution in [1.82, 2.24) is 19.8 Å². The lowest BCUT2D eigenvalue weighted by Gasteiger charge is -2.34. The molecule has 2 saturated heterocycles. The van der Waals surface area contributed by atoms with E-state index in [2.05, 4.69) is 91.6 Å². The minimum atomic E-state index is 0.460. The van der Waals surface area contributed by atoms with Crippen molar-refractivity contribution in [2.45, 2.75) is 78.7 Å². The molecule has 0 spiro atoms. The molecule has 4 heteroatoms. The number of benzene rings is 1. The lowest BCUT2D eigenvalue weighted by molar-refractivity contribution is 0.177. The second-order valence-corrected chi connectivity index (χ2v) is 11.8. The van der Waals surface area contributed by atoms with Crippen LogP contribution < -0.4 is 0 Å². The maximum absolute atomic E-state index is 4.59. The summed E-state index contributed by atoms with van der Waals surface area (Å²) in [6.07, 6.45) is 3.94. The van der Waals surface area contributed by atoms with E-state index >= 15 is 0 Å². The Labute approximate surface area is 212 Å². The minimum absolute atomic E-state index is 0.460. The van der Waals surface area contributed by atoms with Gasteiger partial charge in [-0.05, 0) is 120 Å². The Bertz CT molecular complexity index is 1150. The van der Waals surface area contributed by atoms with Crippen LogP contribution in [0.5, 0.6) is 0 Å². The first kappa shape index (κ1) is 24.5. The lowest BCUT2D eigenvalue weighted by Crippen LogP contribution is -2.37. The van der Waals surface area contributed by atoms with E-state index in [1.165, 1.54) is 85.3 Å². The maximum atomic E-state index is 4.59. The molecule has 0 saturated carbocycles. The van der Waals surface area contributed by atoms with E-state index < -0.39 is 0 Å². The van der Waals surface area contributed by atoms with Crippen molar-refractivity contribution in [3.8, 4) is 11.3 Å². The number of aryl methyl sites for hydroxylation is 2. The van der Waals surface area contributed by atoms with Crippen LogP contribution in [0.25, 0.3) is 22.2 Å². The predicted octanol–water partition coefficient (Wildman–Crippen LogP) is 6.88. The van der Waals surface area contributed by atoms with Crippen molar-refractivity contribution in [2.24, 2.45) is 5.92 Å². The third kappa shape index (κ3) is 5.20. The van der Waals surface area contributed by atoms with Gasteiger partial charge in [-0.1, -0.05) is 19.9 Å². The molecular weight excluding hydrogens is 428 g/mol. The number of aromatic nitrogens is 2. The summed E-state index contributed by atoms with van der Waals surface area (Å²) < 4.78 is 0. The van der Waals surface area contributed by atoms with Crippen LogP contribution in [0.3, 0.4) is 0 Å². The molecular formula is C31H44N4. The Morgan fingerprint density at radius 3 is 2.29 bits per heavy atom. The number of fused-ring (bicyclic) bond motifs is 1. The molecule has 0 bridgehead atoms. The largest absolute Gasteiger partial charge is 0.354 e. The molecule has 1 unspecified atom stereocenters. The Balaban J connectivity index is 1.32. The quantitative estimate of drug-likeness (QED) is 0.425. The van der Waals surface area contributed by atoms with E-state index in [4.69, 9.17) is 0 Å². The lowest BCUT2D eigenvalue weighted by atomic mass is 9.87. The summed E-state index contributed by atoms with van der Waals surface area (Å²) in [7, 11) is 0. The summed E-state index contributed by atoms with van der Waals surface area (Å²) in [4.78, 5) is 13.8. The molecule has 1 atom stereocenters. The van der Waals surface area contributed by atoms with Gasteiger partial charge in [0.15, 0.2) is 0 Å². The molecule has 35 heavy (non-hydrogen) atoms. The van der Waals surface area contributed by atoms with Gasteiger partial charge in [0, 0.05) is 47.0 Å². The normalized spacial score (nSPS) is 20.6. The van der Waals surface area contributed by atoms with Gasteiger partial charge in [0.1, 0.15) is 0 Å². The molecule has 4 nitrogen and oxygen atoms in total. The number of nitrogens with zero attached hydrogens (tertiary/aromatic N) is 3. The molecule has 2 aliphatic rings. The summed E-state index contributed by atoms with van der Waals surface area (Å²) in [6, 6.07) is 12.3. The number of hydrogen-bond acceptors (Lipinski definition) is 3. The van der Waals surface area contributed by atoms with Crippen molar-refractivity contribution >= 4 is 10.9 Å². The molecule has 0 amide bonds. The number of likely N-dealkylation sites (tertiary alicyclic amines) is 2. The summed E-state index contributed by atoms with van der Waals surface area (Å²) in [5, 5.41) is 1.40. The molecule has 1 N–H and O–H groups in total. The number of aromatic amines is 1. The third-order valence-corrected chi connectivity index (χ3v) is 8.43. The fourth-order valence-electron chi connectivity index (χ4n) is 6.59. The molecule has 4 heterocycles. The molecule has 188 valence electrons. The maximum Gasteiger partial charge on any atom is 0.0501 e. The van der Waals surface area contributed by atoms with Crippen LogP contribution in [0.4, 0.5) is 0 Å². The second kappa shape index (κ2) is 10.1. The number of nitrogens with one attached hydrogen (secondary N) is 1. The highest BCUT2D eigenvalue weighted by atomic mass is 15.2. The number of H-pyrrole nitrogens is 1. The summed E-state index contributed by atoms with van der Waals surface area (Å²) in [5.74, 6) is 1.99. The molecule has 1 aromatic carbocycles. The number of rotatable bonds is 6. The molecule has 0 radical (unpaired) electrons. The van der Waals surface area contributed by atoms with Gasteiger partial charge in [-0.3, -0.25) is 4.98 Å². The van der Waals surface area contributed by atoms with Crippen LogP contribution >= 0.6 is 0 Å². The zero-order valence-corrected chi connectivity index (χ0v) is 22.7. The monoisotopic (exact) mass is 472 g/mol. The highest BCUT2D eigenvalue weighted by Crippen LogP contribution is 2.38. The average Bonchev–Trinajstić information content (AvgIpc) is 3.43. The van der Waals surface area contributed by atoms with Gasteiger partial charge in [-0.2, -0.15) is 0 Å². The van der Waals surface area contributed by atoms with Crippen molar-refractivity contribution in [1.29, 1.82) is 0 Å². The van der Waals surface area contributed by atoms with E-state index in [1.54, 1.807) is 0 Å². The van der Waals surface area contributed by atoms with Gasteiger partial charge < -0.3 is 14.8 Å². The fraction of sp³-hybridized carbons (Fsp3) is 0.581. The summed E-state index contributed by atoms with van der Waals surface area (Å²) >= 11 is 0. The van der Waals surface area contributed by atoms with Crippen LogP contribution in [0.15, 0.2) is 30.3 Å². The van der Waals surface area contributed by atoms with Crippen molar-refractivity contribution in [2.75, 3.05) is 32.7 Å². The van der Waals surface area contributed by atoms with Gasteiger partial charge in [0.25, 0.3) is 0 Å². The van der Waals surface area contributed by atoms with Crippen molar-refractivity contribution in [3.63, 3.8) is 0 Å². The Morgan fingerprint density at radius 1 is 0.943 bits per heavy atom. The third-order valence-electron chi connectivity index (χ3n) is 8.43. The highest BCUT2D eigenvalue weighted by Gasteiger charge is 2.28. The number of pyridine rings is 1. The number of hydrogen-bond donors (Lipinski definition) is 1. The topological polar surface area (TPSA) is 35.2 Å². The first-order chi connectivity index (χ1) is 16.8. The van der Waals surface area contributed by atoms with Crippen LogP contribution in [0.1, 0.15) is 81.3 Å². The van der Waals surface area contributed by atoms with Crippen LogP contribution in [0, 0.1) is 19.8 Å². The van der Waals surface area contributed by atoms with E-state index in [0.717, 1.165) is 17.3 Å². The van der Waals surface area contributed by atoms with Gasteiger partial charge in [0.05, 0.1) is 5.69 Å². The van der Waals surface area contributed by atoms with Gasteiger partial charge in [-0.15, -0.1) is 0 Å². The standard InChI is InChI=1S/C31H44N4/c1-20(2)30-28-17-26(7-8-29(28)33-31(30)27-15-22(5)32-23(6)16-27)25-10-12-34(13-11-25)18-24-9-14-35(19-24)21(3)4/h7-8,15-17,20-21,24-25,33H,9-14,18-19H2,1-6H3.